The first-order chi connectivity index (χ1) is 4.12. The van der Waals surface area contributed by atoms with Crippen molar-refractivity contribution in [3.63, 3.8) is 0 Å². The van der Waals surface area contributed by atoms with Crippen molar-refractivity contribution in [3.8, 4) is 0 Å². The molecule has 0 saturated carbocycles. The minimum atomic E-state index is -0.801. The van der Waals surface area contributed by atoms with Crippen LogP contribution in [0.5, 0.6) is 0 Å². The van der Waals surface area contributed by atoms with Crippen LogP contribution in [0.2, 0.25) is 18.6 Å². The van der Waals surface area contributed by atoms with E-state index < -0.39 is 7.59 Å². The van der Waals surface area contributed by atoms with Gasteiger partial charge in [0.15, 0.2) is 0 Å². The lowest BCUT2D eigenvalue weighted by Gasteiger charge is -2.16. The fourth-order valence-electron chi connectivity index (χ4n) is 0.865. The molecule has 0 fully saturated rings. The Balaban J connectivity index is 3.68. The van der Waals surface area contributed by atoms with Crippen LogP contribution < -0.4 is 0 Å². The van der Waals surface area contributed by atoms with Crippen LogP contribution >= 0.6 is 0 Å². The van der Waals surface area contributed by atoms with E-state index in [1.165, 1.54) is 21.8 Å². The van der Waals surface area contributed by atoms with Gasteiger partial charge in [-0.05, 0) is 21.8 Å². The quantitative estimate of drug-likeness (QED) is 0.425. The molecular weight excluding hydrogens is 140 g/mol. The summed E-state index contributed by atoms with van der Waals surface area (Å²) in [4.78, 5) is 0. The van der Waals surface area contributed by atoms with E-state index in [2.05, 4.69) is 31.9 Å². The third kappa shape index (κ3) is 4.42. The maximum absolute atomic E-state index is 3.75. The van der Waals surface area contributed by atoms with Crippen LogP contribution in [-0.2, 0) is 0 Å². The van der Waals surface area contributed by atoms with Crippen molar-refractivity contribution in [1.29, 1.82) is 0 Å². The molecule has 0 aromatic rings. The molecule has 0 aliphatic rings. The Morgan fingerprint density at radius 1 is 1.33 bits per heavy atom. The molecule has 0 radical (unpaired) electrons. The summed E-state index contributed by atoms with van der Waals surface area (Å²) in [6.07, 6.45) is 4.12. The molecule has 0 amide bonds. The molecule has 0 rings (SSSR count). The first-order valence-corrected chi connectivity index (χ1v) is 9.75. The number of hydrogen-bond acceptors (Lipinski definition) is 0. The zero-order chi connectivity index (χ0) is 7.33. The lowest BCUT2D eigenvalue weighted by atomic mass is 10.7. The molecule has 0 saturated heterocycles. The maximum Gasteiger partial charge on any atom is 0.0406 e. The predicted octanol–water partition coefficient (Wildman–Crippen LogP) is 1.30. The topological polar surface area (TPSA) is 0 Å². The molecule has 2 heteroatoms. The Bertz CT molecular complexity index is 93.5. The highest BCUT2D eigenvalue weighted by atomic mass is 29.2. The summed E-state index contributed by atoms with van der Waals surface area (Å²) in [5.74, 6) is 0. The predicted molar refractivity (Wildman–Crippen MR) is 51.6 cm³/mol. The summed E-state index contributed by atoms with van der Waals surface area (Å²) in [6.45, 7) is 9.92. The van der Waals surface area contributed by atoms with Crippen molar-refractivity contribution >= 4 is 17.4 Å². The van der Waals surface area contributed by atoms with Gasteiger partial charge in [-0.1, -0.05) is 18.7 Å². The molecule has 0 unspecified atom stereocenters. The van der Waals surface area contributed by atoms with Crippen LogP contribution in [0.1, 0.15) is 0 Å². The molecule has 0 bridgehead atoms. The highest BCUT2D eigenvalue weighted by Gasteiger charge is 2.15. The number of rotatable bonds is 4. The highest BCUT2D eigenvalue weighted by molar-refractivity contribution is 7.17. The Kier molecular flexibility index (Phi) is 3.81. The van der Waals surface area contributed by atoms with Crippen LogP contribution in [-0.4, -0.2) is 17.4 Å². The summed E-state index contributed by atoms with van der Waals surface area (Å²) in [5.41, 5.74) is 0. The van der Waals surface area contributed by atoms with Crippen LogP contribution in [0.15, 0.2) is 25.3 Å². The van der Waals surface area contributed by atoms with Crippen LogP contribution in [0.3, 0.4) is 0 Å². The van der Waals surface area contributed by atoms with Crippen molar-refractivity contribution < 1.29 is 0 Å². The lowest BCUT2D eigenvalue weighted by Crippen LogP contribution is -2.28. The molecule has 0 nitrogen and oxygen atoms in total. The second kappa shape index (κ2) is 3.85. The SMILES string of the molecule is C=CC[Si](C)([SiH3])CC=C. The van der Waals surface area contributed by atoms with E-state index >= 15 is 0 Å². The van der Waals surface area contributed by atoms with Crippen LogP contribution in [0, 0.1) is 0 Å². The Hall–Kier alpha value is -0.0862. The van der Waals surface area contributed by atoms with Gasteiger partial charge in [0.25, 0.3) is 0 Å². The normalized spacial score (nSPS) is 11.2. The van der Waals surface area contributed by atoms with Gasteiger partial charge < -0.3 is 0 Å². The first kappa shape index (κ1) is 8.91. The minimum absolute atomic E-state index is 0.801. The molecule has 0 N–H and O–H groups in total. The molecule has 0 aliphatic carbocycles. The van der Waals surface area contributed by atoms with E-state index in [4.69, 9.17) is 0 Å². The molecule has 0 aliphatic heterocycles. The third-order valence-electron chi connectivity index (χ3n) is 1.39. The van der Waals surface area contributed by atoms with Gasteiger partial charge in [0.05, 0.1) is 0 Å². The van der Waals surface area contributed by atoms with E-state index in [1.54, 1.807) is 0 Å². The van der Waals surface area contributed by atoms with Gasteiger partial charge in [0, 0.05) is 7.59 Å². The van der Waals surface area contributed by atoms with Crippen molar-refractivity contribution in [3.05, 3.63) is 25.3 Å². The standard InChI is InChI=1S/C7H16Si2/c1-4-6-9(3,8)7-5-2/h4-5H,1-2,6-7H2,3,8H3. The summed E-state index contributed by atoms with van der Waals surface area (Å²) in [5, 5.41) is 0. The van der Waals surface area contributed by atoms with Crippen LogP contribution in [0.25, 0.3) is 0 Å². The maximum atomic E-state index is 3.75. The smallest absolute Gasteiger partial charge is 0.0406 e. The molecule has 0 atom stereocenters. The van der Waals surface area contributed by atoms with Gasteiger partial charge in [0.2, 0.25) is 0 Å². The van der Waals surface area contributed by atoms with Gasteiger partial charge in [0.1, 0.15) is 0 Å². The summed E-state index contributed by atoms with van der Waals surface area (Å²) in [6, 6.07) is 2.54. The van der Waals surface area contributed by atoms with Gasteiger partial charge in [-0.3, -0.25) is 0 Å². The Morgan fingerprint density at radius 3 is 1.89 bits per heavy atom. The number of allylic oxidation sites excluding steroid dienone is 2. The third-order valence-corrected chi connectivity index (χ3v) is 6.63. The van der Waals surface area contributed by atoms with E-state index in [1.807, 2.05) is 0 Å². The molecular formula is C7H16Si2. The van der Waals surface area contributed by atoms with Crippen molar-refractivity contribution in [2.45, 2.75) is 18.6 Å². The van der Waals surface area contributed by atoms with Crippen molar-refractivity contribution in [1.82, 2.24) is 0 Å². The fourth-order valence-corrected chi connectivity index (χ4v) is 4.33. The van der Waals surface area contributed by atoms with Crippen molar-refractivity contribution in [2.24, 2.45) is 0 Å². The Labute approximate surface area is 61.9 Å². The van der Waals surface area contributed by atoms with Crippen LogP contribution in [0.4, 0.5) is 0 Å². The molecule has 0 spiro atoms. The van der Waals surface area contributed by atoms with Crippen molar-refractivity contribution in [2.75, 3.05) is 0 Å². The van der Waals surface area contributed by atoms with Gasteiger partial charge in [-0.25, -0.2) is 0 Å². The molecule has 9 heavy (non-hydrogen) atoms. The minimum Gasteiger partial charge on any atom is -0.103 e. The molecule has 0 heterocycles. The summed E-state index contributed by atoms with van der Waals surface area (Å²) >= 11 is 0. The second-order valence-corrected chi connectivity index (χ2v) is 15.5. The van der Waals surface area contributed by atoms with Gasteiger partial charge in [-0.2, -0.15) is 0 Å². The zero-order valence-corrected chi connectivity index (χ0v) is 9.48. The van der Waals surface area contributed by atoms with E-state index in [-0.39, 0.29) is 0 Å². The van der Waals surface area contributed by atoms with Gasteiger partial charge >= 0.3 is 0 Å². The fraction of sp³-hybridized carbons (Fsp3) is 0.429. The molecule has 0 aromatic heterocycles. The highest BCUT2D eigenvalue weighted by Crippen LogP contribution is 2.10. The second-order valence-electron chi connectivity index (χ2n) is 3.15. The summed E-state index contributed by atoms with van der Waals surface area (Å²) in [7, 11) is 0.563. The largest absolute Gasteiger partial charge is 0.103 e. The van der Waals surface area contributed by atoms with E-state index in [9.17, 15) is 0 Å². The zero-order valence-electron chi connectivity index (χ0n) is 6.48. The number of hydrogen-bond donors (Lipinski definition) is 0. The lowest BCUT2D eigenvalue weighted by molar-refractivity contribution is 1.50. The summed E-state index contributed by atoms with van der Waals surface area (Å²) < 4.78 is 0. The Morgan fingerprint density at radius 2 is 1.67 bits per heavy atom. The monoisotopic (exact) mass is 156 g/mol. The van der Waals surface area contributed by atoms with Gasteiger partial charge in [-0.15, -0.1) is 13.2 Å². The average Bonchev–Trinajstić information content (AvgIpc) is 1.64. The van der Waals surface area contributed by atoms with E-state index in [0.29, 0.717) is 0 Å². The first-order valence-electron chi connectivity index (χ1n) is 3.34. The molecule has 0 aromatic carbocycles. The average molecular weight is 156 g/mol. The van der Waals surface area contributed by atoms with E-state index in [0.717, 1.165) is 0 Å². The molecule has 52 valence electrons.